The maximum atomic E-state index is 12.9. The zero-order chi connectivity index (χ0) is 14.4. The zero-order valence-electron chi connectivity index (χ0n) is 12.4. The van der Waals surface area contributed by atoms with E-state index in [2.05, 4.69) is 23.2 Å². The number of amides is 1. The number of carbonyl (C=O) groups excluding carboxylic acids is 1. The number of para-hydroxylation sites is 1. The third-order valence-corrected chi connectivity index (χ3v) is 5.34. The molecule has 112 valence electrons. The van der Waals surface area contributed by atoms with E-state index in [4.69, 9.17) is 4.74 Å². The molecule has 0 saturated carbocycles. The minimum absolute atomic E-state index is 0.187. The molecule has 0 bridgehead atoms. The molecule has 3 aliphatic rings. The summed E-state index contributed by atoms with van der Waals surface area (Å²) in [6, 6.07) is 8.37. The topological polar surface area (TPSA) is 41.6 Å². The zero-order valence-corrected chi connectivity index (χ0v) is 12.4. The first-order valence-electron chi connectivity index (χ1n) is 8.03. The molecule has 3 heterocycles. The van der Waals surface area contributed by atoms with E-state index >= 15 is 0 Å². The quantitative estimate of drug-likeness (QED) is 0.894. The molecule has 0 radical (unpaired) electrons. The Morgan fingerprint density at radius 1 is 1.38 bits per heavy atom. The Morgan fingerprint density at radius 3 is 3.05 bits per heavy atom. The Balaban J connectivity index is 1.51. The van der Waals surface area contributed by atoms with E-state index in [1.165, 1.54) is 0 Å². The van der Waals surface area contributed by atoms with E-state index in [9.17, 15) is 4.79 Å². The molecule has 4 unspecified atom stereocenters. The smallest absolute Gasteiger partial charge is 0.264 e. The van der Waals surface area contributed by atoms with Crippen LogP contribution in [0.2, 0.25) is 0 Å². The van der Waals surface area contributed by atoms with Gasteiger partial charge in [0.1, 0.15) is 5.75 Å². The van der Waals surface area contributed by atoms with Crippen molar-refractivity contribution in [3.63, 3.8) is 0 Å². The first kappa shape index (κ1) is 13.1. The lowest BCUT2D eigenvalue weighted by Gasteiger charge is -2.29. The van der Waals surface area contributed by atoms with E-state index in [1.54, 1.807) is 0 Å². The van der Waals surface area contributed by atoms with Gasteiger partial charge in [-0.15, -0.1) is 0 Å². The van der Waals surface area contributed by atoms with Gasteiger partial charge in [0.2, 0.25) is 0 Å². The van der Waals surface area contributed by atoms with Gasteiger partial charge in [-0.1, -0.05) is 25.1 Å². The van der Waals surface area contributed by atoms with Crippen molar-refractivity contribution in [2.24, 2.45) is 11.8 Å². The molecule has 4 nitrogen and oxygen atoms in total. The van der Waals surface area contributed by atoms with Crippen LogP contribution < -0.4 is 10.1 Å². The third kappa shape index (κ3) is 2.04. The summed E-state index contributed by atoms with van der Waals surface area (Å²) in [5, 5.41) is 3.46. The summed E-state index contributed by atoms with van der Waals surface area (Å²) in [7, 11) is 0. The number of nitrogens with zero attached hydrogens (tertiary/aromatic N) is 1. The average Bonchev–Trinajstić information content (AvgIpc) is 3.19. The Hall–Kier alpha value is -1.55. The summed E-state index contributed by atoms with van der Waals surface area (Å²) in [5.74, 6) is 2.32. The van der Waals surface area contributed by atoms with Crippen LogP contribution in [0.1, 0.15) is 18.9 Å². The molecule has 21 heavy (non-hydrogen) atoms. The largest absolute Gasteiger partial charge is 0.480 e. The third-order valence-electron chi connectivity index (χ3n) is 5.34. The van der Waals surface area contributed by atoms with Gasteiger partial charge < -0.3 is 15.0 Å². The average molecular weight is 286 g/mol. The highest BCUT2D eigenvalue weighted by molar-refractivity contribution is 5.83. The Bertz CT molecular complexity index is 534. The van der Waals surface area contributed by atoms with Gasteiger partial charge in [0.25, 0.3) is 5.91 Å². The molecule has 4 heteroatoms. The second-order valence-corrected chi connectivity index (χ2v) is 6.47. The molecule has 2 fully saturated rings. The monoisotopic (exact) mass is 286 g/mol. The van der Waals surface area contributed by atoms with Gasteiger partial charge in [0.15, 0.2) is 6.10 Å². The molecule has 1 aromatic rings. The van der Waals surface area contributed by atoms with Crippen molar-refractivity contribution in [2.75, 3.05) is 19.6 Å². The highest BCUT2D eigenvalue weighted by atomic mass is 16.5. The van der Waals surface area contributed by atoms with Gasteiger partial charge in [-0.05, 0) is 29.9 Å². The number of carbonyl (C=O) groups is 1. The number of fused-ring (bicyclic) bond motifs is 2. The van der Waals surface area contributed by atoms with Gasteiger partial charge in [0.05, 0.1) is 0 Å². The minimum Gasteiger partial charge on any atom is -0.480 e. The van der Waals surface area contributed by atoms with Crippen molar-refractivity contribution >= 4 is 5.91 Å². The first-order valence-corrected chi connectivity index (χ1v) is 8.03. The van der Waals surface area contributed by atoms with Crippen LogP contribution in [0.15, 0.2) is 24.3 Å². The summed E-state index contributed by atoms with van der Waals surface area (Å²) in [6.45, 7) is 5.19. The molecule has 2 saturated heterocycles. The number of rotatable bonds is 2. The lowest BCUT2D eigenvalue weighted by molar-refractivity contribution is -0.139. The highest BCUT2D eigenvalue weighted by Crippen LogP contribution is 2.36. The van der Waals surface area contributed by atoms with Crippen molar-refractivity contribution < 1.29 is 9.53 Å². The normalized spacial score (nSPS) is 33.7. The van der Waals surface area contributed by atoms with Crippen LogP contribution >= 0.6 is 0 Å². The maximum absolute atomic E-state index is 12.9. The number of hydrogen-bond acceptors (Lipinski definition) is 3. The Labute approximate surface area is 125 Å². The maximum Gasteiger partial charge on any atom is 0.264 e. The lowest BCUT2D eigenvalue weighted by atomic mass is 9.93. The second-order valence-electron chi connectivity index (χ2n) is 6.47. The van der Waals surface area contributed by atoms with Crippen LogP contribution in [-0.4, -0.2) is 42.6 Å². The van der Waals surface area contributed by atoms with E-state index in [-0.39, 0.29) is 12.0 Å². The summed E-state index contributed by atoms with van der Waals surface area (Å²) in [4.78, 5) is 15.0. The fourth-order valence-electron chi connectivity index (χ4n) is 4.30. The number of likely N-dealkylation sites (tertiary alicyclic amines) is 1. The molecule has 4 rings (SSSR count). The predicted molar refractivity (Wildman–Crippen MR) is 80.2 cm³/mol. The Morgan fingerprint density at radius 2 is 2.24 bits per heavy atom. The lowest BCUT2D eigenvalue weighted by Crippen LogP contribution is -2.46. The molecule has 0 spiro atoms. The summed E-state index contributed by atoms with van der Waals surface area (Å²) < 4.78 is 5.89. The van der Waals surface area contributed by atoms with Crippen LogP contribution in [0.4, 0.5) is 0 Å². The van der Waals surface area contributed by atoms with Crippen LogP contribution in [0, 0.1) is 11.8 Å². The predicted octanol–water partition coefficient (Wildman–Crippen LogP) is 1.45. The molecule has 0 aromatic heterocycles. The first-order chi connectivity index (χ1) is 10.3. The van der Waals surface area contributed by atoms with Gasteiger partial charge in [-0.2, -0.15) is 0 Å². The van der Waals surface area contributed by atoms with Crippen LogP contribution in [0.5, 0.6) is 5.75 Å². The van der Waals surface area contributed by atoms with E-state index in [0.29, 0.717) is 17.9 Å². The molecule has 3 aliphatic heterocycles. The SMILES string of the molecule is CCC1C2CNCC2CN1C(=O)C1Cc2ccccc2O1. The van der Waals surface area contributed by atoms with Gasteiger partial charge in [-0.25, -0.2) is 0 Å². The second kappa shape index (κ2) is 5.02. The standard InChI is InChI=1S/C17H22N2O2/c1-2-14-13-9-18-8-12(13)10-19(14)17(20)16-7-11-5-3-4-6-15(11)21-16/h3-6,12-14,16,18H,2,7-10H2,1H3. The molecular formula is C17H22N2O2. The van der Waals surface area contributed by atoms with Crippen LogP contribution in [0.25, 0.3) is 0 Å². The summed E-state index contributed by atoms with van der Waals surface area (Å²) in [6.07, 6.45) is 1.44. The number of ether oxygens (including phenoxy) is 1. The number of hydrogen-bond donors (Lipinski definition) is 1. The summed E-state index contributed by atoms with van der Waals surface area (Å²) >= 11 is 0. The minimum atomic E-state index is -0.316. The highest BCUT2D eigenvalue weighted by Gasteiger charge is 2.47. The molecular weight excluding hydrogens is 264 g/mol. The molecule has 1 amide bonds. The van der Waals surface area contributed by atoms with Crippen LogP contribution in [0.3, 0.4) is 0 Å². The molecule has 4 atom stereocenters. The number of benzene rings is 1. The van der Waals surface area contributed by atoms with Crippen molar-refractivity contribution in [1.29, 1.82) is 0 Å². The molecule has 1 aromatic carbocycles. The molecule has 1 N–H and O–H groups in total. The van der Waals surface area contributed by atoms with Crippen molar-refractivity contribution in [1.82, 2.24) is 10.2 Å². The van der Waals surface area contributed by atoms with Gasteiger partial charge in [0, 0.05) is 32.1 Å². The van der Waals surface area contributed by atoms with Crippen molar-refractivity contribution in [3.05, 3.63) is 29.8 Å². The fourth-order valence-corrected chi connectivity index (χ4v) is 4.30. The molecule has 0 aliphatic carbocycles. The number of nitrogens with one attached hydrogen (secondary N) is 1. The van der Waals surface area contributed by atoms with E-state index < -0.39 is 0 Å². The van der Waals surface area contributed by atoms with E-state index in [1.807, 2.05) is 18.2 Å². The Kier molecular flexibility index (Phi) is 3.14. The van der Waals surface area contributed by atoms with Gasteiger partial charge in [-0.3, -0.25) is 4.79 Å². The van der Waals surface area contributed by atoms with Crippen molar-refractivity contribution in [2.45, 2.75) is 31.9 Å². The van der Waals surface area contributed by atoms with Crippen LogP contribution in [-0.2, 0) is 11.2 Å². The summed E-state index contributed by atoms with van der Waals surface area (Å²) in [5.41, 5.74) is 1.16. The van der Waals surface area contributed by atoms with E-state index in [0.717, 1.165) is 43.8 Å². The van der Waals surface area contributed by atoms with Gasteiger partial charge >= 0.3 is 0 Å². The fraction of sp³-hybridized carbons (Fsp3) is 0.588. The van der Waals surface area contributed by atoms with Crippen molar-refractivity contribution in [3.8, 4) is 5.75 Å².